The summed E-state index contributed by atoms with van der Waals surface area (Å²) in [5.41, 5.74) is 1.01. The van der Waals surface area contributed by atoms with Gasteiger partial charge in [0.1, 0.15) is 17.3 Å². The van der Waals surface area contributed by atoms with Crippen molar-refractivity contribution in [2.45, 2.75) is 11.8 Å². The summed E-state index contributed by atoms with van der Waals surface area (Å²) in [5.74, 6) is 0.756. The maximum Gasteiger partial charge on any atom is 0.244 e. The molecule has 0 saturated heterocycles. The van der Waals surface area contributed by atoms with Crippen LogP contribution in [-0.2, 0) is 10.0 Å². The van der Waals surface area contributed by atoms with Crippen LogP contribution < -0.4 is 4.74 Å². The van der Waals surface area contributed by atoms with Crippen LogP contribution in [0.1, 0.15) is 5.56 Å². The zero-order chi connectivity index (χ0) is 16.2. The van der Waals surface area contributed by atoms with E-state index in [0.717, 1.165) is 11.3 Å². The highest BCUT2D eigenvalue weighted by Crippen LogP contribution is 2.23. The van der Waals surface area contributed by atoms with Gasteiger partial charge >= 0.3 is 0 Å². The highest BCUT2D eigenvalue weighted by molar-refractivity contribution is 7.89. The molecule has 0 aliphatic heterocycles. The number of halogens is 1. The molecule has 0 bridgehead atoms. The molecule has 0 saturated carbocycles. The van der Waals surface area contributed by atoms with Crippen LogP contribution >= 0.6 is 11.6 Å². The lowest BCUT2D eigenvalue weighted by Crippen LogP contribution is -2.31. The van der Waals surface area contributed by atoms with Gasteiger partial charge in [-0.2, -0.15) is 4.31 Å². The summed E-state index contributed by atoms with van der Waals surface area (Å²) in [6.07, 6.45) is 0. The van der Waals surface area contributed by atoms with E-state index in [1.807, 2.05) is 31.2 Å². The fourth-order valence-corrected chi connectivity index (χ4v) is 3.59. The summed E-state index contributed by atoms with van der Waals surface area (Å²) < 4.78 is 31.8. The second-order valence-electron chi connectivity index (χ2n) is 4.87. The first kappa shape index (κ1) is 16.8. The lowest BCUT2D eigenvalue weighted by Gasteiger charge is -2.18. The van der Waals surface area contributed by atoms with Crippen molar-refractivity contribution in [3.8, 4) is 5.75 Å². The van der Waals surface area contributed by atoms with Crippen molar-refractivity contribution in [2.24, 2.45) is 0 Å². The highest BCUT2D eigenvalue weighted by Gasteiger charge is 2.23. The van der Waals surface area contributed by atoms with Gasteiger partial charge in [-0.15, -0.1) is 0 Å². The van der Waals surface area contributed by atoms with Gasteiger partial charge < -0.3 is 4.74 Å². The van der Waals surface area contributed by atoms with Gasteiger partial charge in [-0.05, 0) is 30.7 Å². The maximum atomic E-state index is 12.4. The van der Waals surface area contributed by atoms with Gasteiger partial charge in [0.05, 0.1) is 5.02 Å². The Morgan fingerprint density at radius 1 is 1.09 bits per heavy atom. The maximum absolute atomic E-state index is 12.4. The lowest BCUT2D eigenvalue weighted by molar-refractivity contribution is 0.285. The Morgan fingerprint density at radius 2 is 1.73 bits per heavy atom. The summed E-state index contributed by atoms with van der Waals surface area (Å²) >= 11 is 5.97. The number of sulfonamides is 1. The van der Waals surface area contributed by atoms with Crippen LogP contribution in [0.25, 0.3) is 0 Å². The Bertz CT molecular complexity index is 747. The molecule has 22 heavy (non-hydrogen) atoms. The van der Waals surface area contributed by atoms with E-state index in [4.69, 9.17) is 16.3 Å². The zero-order valence-corrected chi connectivity index (χ0v) is 14.1. The second-order valence-corrected chi connectivity index (χ2v) is 7.29. The monoisotopic (exact) mass is 339 g/mol. The number of benzene rings is 2. The van der Waals surface area contributed by atoms with E-state index in [0.29, 0.717) is 0 Å². The smallest absolute Gasteiger partial charge is 0.244 e. The number of likely N-dealkylation sites (N-methyl/N-ethyl adjacent to an activating group) is 1. The van der Waals surface area contributed by atoms with E-state index in [9.17, 15) is 8.42 Å². The molecule has 2 rings (SSSR count). The van der Waals surface area contributed by atoms with E-state index >= 15 is 0 Å². The topological polar surface area (TPSA) is 46.6 Å². The Hall–Kier alpha value is -1.56. The predicted molar refractivity (Wildman–Crippen MR) is 87.9 cm³/mol. The third-order valence-corrected chi connectivity index (χ3v) is 5.64. The van der Waals surface area contributed by atoms with Crippen molar-refractivity contribution in [1.29, 1.82) is 0 Å². The first-order valence-corrected chi connectivity index (χ1v) is 8.64. The molecule has 0 amide bonds. The molecule has 0 aliphatic rings. The van der Waals surface area contributed by atoms with Gasteiger partial charge in [-0.25, -0.2) is 8.42 Å². The van der Waals surface area contributed by atoms with Crippen LogP contribution in [0.3, 0.4) is 0 Å². The van der Waals surface area contributed by atoms with Gasteiger partial charge in [-0.1, -0.05) is 41.9 Å². The van der Waals surface area contributed by atoms with Crippen LogP contribution in [0.4, 0.5) is 0 Å². The van der Waals surface area contributed by atoms with E-state index in [1.165, 1.54) is 17.4 Å². The Labute approximate surface area is 136 Å². The van der Waals surface area contributed by atoms with Gasteiger partial charge in [0.2, 0.25) is 10.0 Å². The molecule has 0 spiro atoms. The fourth-order valence-electron chi connectivity index (χ4n) is 1.94. The minimum Gasteiger partial charge on any atom is -0.492 e. The molecule has 4 nitrogen and oxygen atoms in total. The number of hydrogen-bond acceptors (Lipinski definition) is 3. The molecule has 2 aromatic carbocycles. The molecule has 0 heterocycles. The van der Waals surface area contributed by atoms with Crippen LogP contribution in [0.5, 0.6) is 5.75 Å². The molecule has 0 atom stereocenters. The molecule has 0 aromatic heterocycles. The van der Waals surface area contributed by atoms with Crippen molar-refractivity contribution in [3.05, 3.63) is 59.1 Å². The number of rotatable bonds is 6. The first-order valence-electron chi connectivity index (χ1n) is 6.82. The number of para-hydroxylation sites is 1. The van der Waals surface area contributed by atoms with Crippen molar-refractivity contribution in [1.82, 2.24) is 4.31 Å². The molecule has 0 radical (unpaired) electrons. The third-order valence-electron chi connectivity index (χ3n) is 3.28. The van der Waals surface area contributed by atoms with Crippen LogP contribution in [0.15, 0.2) is 53.4 Å². The summed E-state index contributed by atoms with van der Waals surface area (Å²) in [4.78, 5) is 0.107. The largest absolute Gasteiger partial charge is 0.492 e. The predicted octanol–water partition coefficient (Wildman–Crippen LogP) is 3.35. The van der Waals surface area contributed by atoms with Gasteiger partial charge in [0, 0.05) is 13.6 Å². The average Bonchev–Trinajstić information content (AvgIpc) is 2.49. The minimum atomic E-state index is -3.61. The van der Waals surface area contributed by atoms with Crippen molar-refractivity contribution in [3.63, 3.8) is 0 Å². The highest BCUT2D eigenvalue weighted by atomic mass is 35.5. The normalized spacial score (nSPS) is 11.6. The first-order chi connectivity index (χ1) is 10.4. The van der Waals surface area contributed by atoms with Gasteiger partial charge in [-0.3, -0.25) is 0 Å². The summed E-state index contributed by atoms with van der Waals surface area (Å²) in [6.45, 7) is 2.45. The van der Waals surface area contributed by atoms with Crippen molar-refractivity contribution in [2.75, 3.05) is 20.2 Å². The fraction of sp³-hybridized carbons (Fsp3) is 0.250. The van der Waals surface area contributed by atoms with E-state index in [2.05, 4.69) is 0 Å². The molecule has 118 valence electrons. The molecular weight excluding hydrogens is 322 g/mol. The van der Waals surface area contributed by atoms with Crippen molar-refractivity contribution >= 4 is 21.6 Å². The summed E-state index contributed by atoms with van der Waals surface area (Å²) in [6, 6.07) is 14.0. The number of ether oxygens (including phenoxy) is 1. The molecule has 2 aromatic rings. The summed E-state index contributed by atoms with van der Waals surface area (Å²) in [7, 11) is -2.10. The SMILES string of the molecule is Cc1ccccc1OCCN(C)S(=O)(=O)c1ccccc1Cl. The Morgan fingerprint density at radius 3 is 2.41 bits per heavy atom. The molecule has 0 aliphatic carbocycles. The average molecular weight is 340 g/mol. The summed E-state index contributed by atoms with van der Waals surface area (Å²) in [5, 5.41) is 0.217. The molecule has 6 heteroatoms. The van der Waals surface area contributed by atoms with Crippen molar-refractivity contribution < 1.29 is 13.2 Å². The molecular formula is C16H18ClNO3S. The number of aryl methyl sites for hydroxylation is 1. The Kier molecular flexibility index (Phi) is 5.45. The van der Waals surface area contributed by atoms with E-state index < -0.39 is 10.0 Å². The van der Waals surface area contributed by atoms with Gasteiger partial charge in [0.15, 0.2) is 0 Å². The van der Waals surface area contributed by atoms with E-state index in [1.54, 1.807) is 18.2 Å². The zero-order valence-electron chi connectivity index (χ0n) is 12.5. The van der Waals surface area contributed by atoms with Gasteiger partial charge in [0.25, 0.3) is 0 Å². The standard InChI is InChI=1S/C16H18ClNO3S/c1-13-7-3-5-9-15(13)21-12-11-18(2)22(19,20)16-10-6-4-8-14(16)17/h3-10H,11-12H2,1-2H3. The number of hydrogen-bond donors (Lipinski definition) is 0. The van der Waals surface area contributed by atoms with Crippen LogP contribution in [-0.4, -0.2) is 32.9 Å². The Balaban J connectivity index is 2.02. The van der Waals surface area contributed by atoms with E-state index in [-0.39, 0.29) is 23.1 Å². The quantitative estimate of drug-likeness (QED) is 0.810. The third kappa shape index (κ3) is 3.80. The molecule has 0 N–H and O–H groups in total. The molecule has 0 unspecified atom stereocenters. The number of nitrogens with zero attached hydrogens (tertiary/aromatic N) is 1. The second kappa shape index (κ2) is 7.13. The minimum absolute atomic E-state index is 0.107. The molecule has 0 fully saturated rings. The lowest BCUT2D eigenvalue weighted by atomic mass is 10.2. The van der Waals surface area contributed by atoms with Crippen LogP contribution in [0.2, 0.25) is 5.02 Å². The van der Waals surface area contributed by atoms with Crippen LogP contribution in [0, 0.1) is 6.92 Å².